The van der Waals surface area contributed by atoms with E-state index in [2.05, 4.69) is 29.1 Å². The van der Waals surface area contributed by atoms with Crippen molar-refractivity contribution in [1.29, 1.82) is 0 Å². The highest BCUT2D eigenvalue weighted by molar-refractivity contribution is 4.78. The lowest BCUT2D eigenvalue weighted by Gasteiger charge is -2.28. The molecule has 78 valence electrons. The molecule has 0 radical (unpaired) electrons. The summed E-state index contributed by atoms with van der Waals surface area (Å²) in [5.74, 6) is 0. The van der Waals surface area contributed by atoms with E-state index in [-0.39, 0.29) is 0 Å². The first-order valence-electron chi connectivity index (χ1n) is 5.35. The molecule has 0 aromatic heterocycles. The van der Waals surface area contributed by atoms with Crippen LogP contribution in [0.5, 0.6) is 0 Å². The van der Waals surface area contributed by atoms with Crippen LogP contribution in [0.4, 0.5) is 0 Å². The number of likely N-dealkylation sites (N-methyl/N-ethyl adjacent to an activating group) is 3. The van der Waals surface area contributed by atoms with Gasteiger partial charge in [0.2, 0.25) is 0 Å². The van der Waals surface area contributed by atoms with Gasteiger partial charge in [0.05, 0.1) is 0 Å². The number of hydrogen-bond acceptors (Lipinski definition) is 3. The maximum Gasteiger partial charge on any atom is 0.0344 e. The minimum atomic E-state index is 0.687. The summed E-state index contributed by atoms with van der Waals surface area (Å²) >= 11 is 0. The largest absolute Gasteiger partial charge is 0.318 e. The maximum atomic E-state index is 3.27. The molecule has 3 heteroatoms. The predicted octanol–water partition coefficient (Wildman–Crippen LogP) is 0.232. The molecule has 0 aliphatic carbocycles. The van der Waals surface area contributed by atoms with Gasteiger partial charge >= 0.3 is 0 Å². The van der Waals surface area contributed by atoms with Gasteiger partial charge < -0.3 is 15.1 Å². The molecule has 1 N–H and O–H groups in total. The molecule has 0 amide bonds. The summed E-state index contributed by atoms with van der Waals surface area (Å²) in [7, 11) is 4.27. The van der Waals surface area contributed by atoms with Crippen LogP contribution in [0.1, 0.15) is 13.3 Å². The Hall–Kier alpha value is -0.120. The van der Waals surface area contributed by atoms with Gasteiger partial charge in [-0.05, 0) is 40.2 Å². The van der Waals surface area contributed by atoms with Crippen LogP contribution in [0.2, 0.25) is 0 Å². The van der Waals surface area contributed by atoms with E-state index in [1.54, 1.807) is 0 Å². The first-order chi connectivity index (χ1) is 6.27. The molecule has 1 saturated heterocycles. The second-order valence-corrected chi connectivity index (χ2v) is 3.94. The van der Waals surface area contributed by atoms with Crippen molar-refractivity contribution in [1.82, 2.24) is 15.1 Å². The highest BCUT2D eigenvalue weighted by Gasteiger charge is 2.20. The summed E-state index contributed by atoms with van der Waals surface area (Å²) < 4.78 is 0. The predicted molar refractivity (Wildman–Crippen MR) is 57.1 cm³/mol. The van der Waals surface area contributed by atoms with Gasteiger partial charge in [0.1, 0.15) is 0 Å². The lowest BCUT2D eigenvalue weighted by Crippen LogP contribution is -2.44. The first kappa shape index (κ1) is 11.0. The van der Waals surface area contributed by atoms with Gasteiger partial charge in [0.25, 0.3) is 0 Å². The van der Waals surface area contributed by atoms with Crippen LogP contribution in [-0.4, -0.2) is 62.7 Å². The van der Waals surface area contributed by atoms with Gasteiger partial charge in [0.15, 0.2) is 0 Å². The van der Waals surface area contributed by atoms with E-state index in [4.69, 9.17) is 0 Å². The third-order valence-corrected chi connectivity index (χ3v) is 2.96. The van der Waals surface area contributed by atoms with Crippen LogP contribution in [0.15, 0.2) is 0 Å². The van der Waals surface area contributed by atoms with E-state index in [1.807, 2.05) is 7.05 Å². The molecule has 0 spiro atoms. The number of hydrogen-bond donors (Lipinski definition) is 1. The molecule has 1 unspecified atom stereocenters. The molecular weight excluding hydrogens is 162 g/mol. The Bertz CT molecular complexity index is 138. The third kappa shape index (κ3) is 3.25. The fraction of sp³-hybridized carbons (Fsp3) is 1.00. The maximum absolute atomic E-state index is 3.27. The minimum Gasteiger partial charge on any atom is -0.318 e. The third-order valence-electron chi connectivity index (χ3n) is 2.96. The monoisotopic (exact) mass is 185 g/mol. The highest BCUT2D eigenvalue weighted by Crippen LogP contribution is 2.06. The Morgan fingerprint density at radius 3 is 2.77 bits per heavy atom. The standard InChI is InChI=1S/C10H23N3/c1-4-13-7-5-6-12(3)10(9-13)8-11-2/h10-11H,4-9H2,1-3H3. The second-order valence-electron chi connectivity index (χ2n) is 3.94. The Morgan fingerprint density at radius 1 is 1.38 bits per heavy atom. The first-order valence-corrected chi connectivity index (χ1v) is 5.35. The molecule has 1 atom stereocenters. The Kier molecular flexibility index (Phi) is 4.70. The number of rotatable bonds is 3. The van der Waals surface area contributed by atoms with Crippen LogP contribution in [0.3, 0.4) is 0 Å². The molecule has 1 aliphatic rings. The molecular formula is C10H23N3. The van der Waals surface area contributed by atoms with Crippen molar-refractivity contribution in [2.75, 3.05) is 46.8 Å². The van der Waals surface area contributed by atoms with Gasteiger partial charge in [-0.3, -0.25) is 0 Å². The van der Waals surface area contributed by atoms with Crippen LogP contribution >= 0.6 is 0 Å². The second kappa shape index (κ2) is 5.58. The molecule has 13 heavy (non-hydrogen) atoms. The summed E-state index contributed by atoms with van der Waals surface area (Å²) in [5.41, 5.74) is 0. The van der Waals surface area contributed by atoms with Crippen LogP contribution in [0.25, 0.3) is 0 Å². The number of nitrogens with zero attached hydrogens (tertiary/aromatic N) is 2. The smallest absolute Gasteiger partial charge is 0.0344 e. The summed E-state index contributed by atoms with van der Waals surface area (Å²) in [5, 5.41) is 3.27. The quantitative estimate of drug-likeness (QED) is 0.679. The van der Waals surface area contributed by atoms with Gasteiger partial charge in [-0.2, -0.15) is 0 Å². The summed E-state index contributed by atoms with van der Waals surface area (Å²) in [6.07, 6.45) is 1.31. The van der Waals surface area contributed by atoms with Crippen molar-refractivity contribution >= 4 is 0 Å². The van der Waals surface area contributed by atoms with Crippen LogP contribution in [-0.2, 0) is 0 Å². The van der Waals surface area contributed by atoms with Crippen molar-refractivity contribution in [3.8, 4) is 0 Å². The minimum absolute atomic E-state index is 0.687. The summed E-state index contributed by atoms with van der Waals surface area (Å²) in [6.45, 7) is 8.26. The van der Waals surface area contributed by atoms with E-state index in [9.17, 15) is 0 Å². The van der Waals surface area contributed by atoms with E-state index >= 15 is 0 Å². The zero-order chi connectivity index (χ0) is 9.68. The van der Waals surface area contributed by atoms with Gasteiger partial charge in [-0.15, -0.1) is 0 Å². The molecule has 1 heterocycles. The Labute approximate surface area is 82.1 Å². The number of nitrogens with one attached hydrogen (secondary N) is 1. The normalized spacial score (nSPS) is 27.5. The van der Waals surface area contributed by atoms with E-state index in [0.717, 1.165) is 6.54 Å². The molecule has 0 bridgehead atoms. The van der Waals surface area contributed by atoms with Crippen LogP contribution < -0.4 is 5.32 Å². The topological polar surface area (TPSA) is 18.5 Å². The van der Waals surface area contributed by atoms with Crippen LogP contribution in [0, 0.1) is 0 Å². The van der Waals surface area contributed by atoms with Crippen molar-refractivity contribution in [3.05, 3.63) is 0 Å². The molecule has 0 saturated carbocycles. The van der Waals surface area contributed by atoms with Crippen molar-refractivity contribution in [2.45, 2.75) is 19.4 Å². The zero-order valence-corrected chi connectivity index (χ0v) is 9.21. The molecule has 0 aromatic carbocycles. The lowest BCUT2D eigenvalue weighted by molar-refractivity contribution is 0.210. The van der Waals surface area contributed by atoms with Gasteiger partial charge in [-0.1, -0.05) is 6.92 Å². The van der Waals surface area contributed by atoms with Gasteiger partial charge in [-0.25, -0.2) is 0 Å². The van der Waals surface area contributed by atoms with E-state index < -0.39 is 0 Å². The highest BCUT2D eigenvalue weighted by atomic mass is 15.2. The molecule has 1 fully saturated rings. The molecule has 0 aromatic rings. The summed E-state index contributed by atoms with van der Waals surface area (Å²) in [6, 6.07) is 0.687. The van der Waals surface area contributed by atoms with Crippen molar-refractivity contribution in [3.63, 3.8) is 0 Å². The van der Waals surface area contributed by atoms with Gasteiger partial charge in [0, 0.05) is 19.1 Å². The van der Waals surface area contributed by atoms with Crippen molar-refractivity contribution < 1.29 is 0 Å². The fourth-order valence-corrected chi connectivity index (χ4v) is 2.00. The van der Waals surface area contributed by atoms with E-state index in [1.165, 1.54) is 32.6 Å². The molecule has 1 aliphatic heterocycles. The fourth-order valence-electron chi connectivity index (χ4n) is 2.00. The average Bonchev–Trinajstić information content (AvgIpc) is 2.30. The van der Waals surface area contributed by atoms with Crippen molar-refractivity contribution in [2.24, 2.45) is 0 Å². The zero-order valence-electron chi connectivity index (χ0n) is 9.21. The molecule has 1 rings (SSSR count). The van der Waals surface area contributed by atoms with E-state index in [0.29, 0.717) is 6.04 Å². The lowest BCUT2D eigenvalue weighted by atomic mass is 10.2. The average molecular weight is 185 g/mol. The Morgan fingerprint density at radius 2 is 2.15 bits per heavy atom. The SMILES string of the molecule is CCN1CCCN(C)C(CNC)C1. The Balaban J connectivity index is 2.45. The summed E-state index contributed by atoms with van der Waals surface area (Å²) in [4.78, 5) is 5.03. The molecule has 3 nitrogen and oxygen atoms in total.